The molecule has 48 heavy (non-hydrogen) atoms. The van der Waals surface area contributed by atoms with Crippen molar-refractivity contribution in [3.05, 3.63) is 48.0 Å². The molecule has 260 valence electrons. The number of ketones is 1. The average Bonchev–Trinajstić information content (AvgIpc) is 3.04. The van der Waals surface area contributed by atoms with Crippen molar-refractivity contribution in [2.75, 3.05) is 19.0 Å². The molecule has 4 atom stereocenters. The highest BCUT2D eigenvalue weighted by Gasteiger charge is 2.36. The number of urea groups is 1. The van der Waals surface area contributed by atoms with Crippen LogP contribution in [0.4, 0.5) is 4.79 Å². The summed E-state index contributed by atoms with van der Waals surface area (Å²) in [5, 5.41) is 19.0. The predicted octanol–water partition coefficient (Wildman–Crippen LogP) is 1.35. The zero-order valence-corrected chi connectivity index (χ0v) is 27.4. The van der Waals surface area contributed by atoms with Crippen molar-refractivity contribution in [1.29, 1.82) is 0 Å². The van der Waals surface area contributed by atoms with Crippen LogP contribution in [0.2, 0.25) is 0 Å². The number of carbonyl (C=O) groups is 7. The number of alkyl halides is 1. The number of aliphatic carboxylic acids is 1. The first-order valence-corrected chi connectivity index (χ1v) is 16.4. The minimum absolute atomic E-state index is 0.0546. The first-order chi connectivity index (χ1) is 22.9. The molecule has 0 radical (unpaired) electrons. The zero-order valence-electron chi connectivity index (χ0n) is 26.6. The molecule has 0 saturated carbocycles. The van der Waals surface area contributed by atoms with Gasteiger partial charge in [0.2, 0.25) is 23.6 Å². The Bertz CT molecular complexity index is 1500. The summed E-state index contributed by atoms with van der Waals surface area (Å²) in [6.45, 7) is 0.399. The number of nitrogens with one attached hydrogen (secondary N) is 3. The van der Waals surface area contributed by atoms with E-state index in [9.17, 15) is 38.7 Å². The molecule has 1 aliphatic rings. The molecule has 1 saturated heterocycles. The van der Waals surface area contributed by atoms with Crippen molar-refractivity contribution in [1.82, 2.24) is 20.9 Å². The minimum atomic E-state index is -1.16. The molecule has 1 aliphatic heterocycles. The van der Waals surface area contributed by atoms with E-state index in [1.807, 2.05) is 42.5 Å². The molecule has 1 heterocycles. The smallest absolute Gasteiger partial charge is 0.312 e. The third kappa shape index (κ3) is 11.8. The topological polar surface area (TPSA) is 231 Å². The lowest BCUT2D eigenvalue weighted by molar-refractivity contribution is -0.145. The van der Waals surface area contributed by atoms with Crippen molar-refractivity contribution in [3.8, 4) is 0 Å². The molecule has 0 unspecified atom stereocenters. The first kappa shape index (κ1) is 37.7. The van der Waals surface area contributed by atoms with Gasteiger partial charge in [-0.05, 0) is 54.4 Å². The van der Waals surface area contributed by atoms with Crippen LogP contribution in [0.1, 0.15) is 56.9 Å². The lowest BCUT2D eigenvalue weighted by Gasteiger charge is -2.36. The number of likely N-dealkylation sites (tertiary alicyclic amines) is 1. The van der Waals surface area contributed by atoms with Crippen LogP contribution >= 0.6 is 11.6 Å². The van der Waals surface area contributed by atoms with Gasteiger partial charge in [0.1, 0.15) is 23.9 Å². The standard InChI is InChI=1S/C33H43ClN6O8/c34-19-24(41)15-21(18-29(43)44)17-28(42)40-13-4-3-9-27(40)32(47)39-26(16-20-10-11-22-6-1-2-7-23(22)14-20)31(46)38-25(30(35)45)8-5-12-37-33(36)48/h1-2,6-7,10-11,14,21,25-27H,3-5,8-9,12-13,15-19H2,(H2,35,45)(H,38,46)(H,39,47)(H,43,44)(H3,36,37,48)/t21-,25+,26+,27+/m1/s1. The van der Waals surface area contributed by atoms with Crippen LogP contribution in [0.15, 0.2) is 42.5 Å². The maximum absolute atomic E-state index is 13.8. The summed E-state index contributed by atoms with van der Waals surface area (Å²) >= 11 is 5.61. The van der Waals surface area contributed by atoms with Crippen molar-refractivity contribution in [2.24, 2.45) is 17.4 Å². The number of carboxylic acid groups (broad SMARTS) is 1. The molecule has 6 amide bonds. The van der Waals surface area contributed by atoms with Gasteiger partial charge in [0.15, 0.2) is 0 Å². The van der Waals surface area contributed by atoms with Crippen LogP contribution < -0.4 is 27.4 Å². The number of Topliss-reactive ketones (excluding diaryl/α,β-unsaturated/α-hetero) is 1. The quantitative estimate of drug-likeness (QED) is 0.0987. The Morgan fingerprint density at radius 1 is 0.917 bits per heavy atom. The van der Waals surface area contributed by atoms with E-state index >= 15 is 0 Å². The summed E-state index contributed by atoms with van der Waals surface area (Å²) in [6.07, 6.45) is 1.16. The number of primary amides is 2. The van der Waals surface area contributed by atoms with Crippen LogP contribution in [0, 0.1) is 5.92 Å². The normalized spacial score (nSPS) is 16.3. The number of amides is 6. The lowest BCUT2D eigenvalue weighted by Crippen LogP contribution is -2.58. The van der Waals surface area contributed by atoms with Crippen molar-refractivity contribution >= 4 is 63.8 Å². The summed E-state index contributed by atoms with van der Waals surface area (Å²) < 4.78 is 0. The monoisotopic (exact) mass is 686 g/mol. The van der Waals surface area contributed by atoms with Crippen LogP contribution in [-0.2, 0) is 35.2 Å². The van der Waals surface area contributed by atoms with Gasteiger partial charge in [-0.15, -0.1) is 11.6 Å². The minimum Gasteiger partial charge on any atom is -0.481 e. The Hall–Kier alpha value is -4.72. The molecule has 2 aromatic rings. The lowest BCUT2D eigenvalue weighted by atomic mass is 9.93. The number of piperidine rings is 1. The summed E-state index contributed by atoms with van der Waals surface area (Å²) in [5.41, 5.74) is 11.4. The molecule has 14 nitrogen and oxygen atoms in total. The molecule has 0 aromatic heterocycles. The zero-order chi connectivity index (χ0) is 35.2. The number of hydrogen-bond donors (Lipinski definition) is 6. The molecule has 3 rings (SSSR count). The summed E-state index contributed by atoms with van der Waals surface area (Å²) in [7, 11) is 0. The number of nitrogens with two attached hydrogens (primary N) is 2. The fraction of sp³-hybridized carbons (Fsp3) is 0.485. The van der Waals surface area contributed by atoms with E-state index in [0.29, 0.717) is 19.3 Å². The Balaban J connectivity index is 1.82. The fourth-order valence-electron chi connectivity index (χ4n) is 5.86. The Morgan fingerprint density at radius 2 is 1.65 bits per heavy atom. The number of rotatable bonds is 18. The predicted molar refractivity (Wildman–Crippen MR) is 178 cm³/mol. The molecule has 0 bridgehead atoms. The second-order valence-electron chi connectivity index (χ2n) is 12.0. The Kier molecular flexibility index (Phi) is 14.6. The fourth-order valence-corrected chi connectivity index (χ4v) is 5.97. The van der Waals surface area contributed by atoms with Gasteiger partial charge in [0.05, 0.1) is 5.88 Å². The van der Waals surface area contributed by atoms with Gasteiger partial charge in [-0.1, -0.05) is 42.5 Å². The van der Waals surface area contributed by atoms with Gasteiger partial charge in [-0.2, -0.15) is 0 Å². The van der Waals surface area contributed by atoms with E-state index in [-0.39, 0.29) is 56.9 Å². The van der Waals surface area contributed by atoms with Crippen molar-refractivity contribution < 1.29 is 38.7 Å². The van der Waals surface area contributed by atoms with Crippen LogP contribution in [0.5, 0.6) is 0 Å². The summed E-state index contributed by atoms with van der Waals surface area (Å²) in [4.78, 5) is 88.9. The van der Waals surface area contributed by atoms with E-state index in [1.54, 1.807) is 0 Å². The number of carbonyl (C=O) groups excluding carboxylic acids is 6. The summed E-state index contributed by atoms with van der Waals surface area (Å²) in [5.74, 6) is -5.17. The highest BCUT2D eigenvalue weighted by Crippen LogP contribution is 2.23. The second kappa shape index (κ2) is 18.6. The molecular formula is C33H43ClN6O8. The highest BCUT2D eigenvalue weighted by atomic mass is 35.5. The van der Waals surface area contributed by atoms with Gasteiger partial charge in [-0.3, -0.25) is 28.8 Å². The van der Waals surface area contributed by atoms with Gasteiger partial charge in [-0.25, -0.2) is 4.79 Å². The molecule has 8 N–H and O–H groups in total. The number of carboxylic acids is 1. The van der Waals surface area contributed by atoms with E-state index in [0.717, 1.165) is 16.3 Å². The van der Waals surface area contributed by atoms with E-state index in [2.05, 4.69) is 16.0 Å². The molecule has 2 aromatic carbocycles. The average molecular weight is 687 g/mol. The third-order valence-electron chi connectivity index (χ3n) is 8.23. The molecule has 15 heteroatoms. The van der Waals surface area contributed by atoms with E-state index < -0.39 is 66.1 Å². The van der Waals surface area contributed by atoms with Gasteiger partial charge in [0.25, 0.3) is 0 Å². The summed E-state index contributed by atoms with van der Waals surface area (Å²) in [6, 6.07) is 9.31. The van der Waals surface area contributed by atoms with Crippen molar-refractivity contribution in [2.45, 2.75) is 75.9 Å². The number of hydrogen-bond acceptors (Lipinski definition) is 7. The van der Waals surface area contributed by atoms with Gasteiger partial charge in [0, 0.05) is 38.8 Å². The Labute approximate surface area is 283 Å². The number of halogens is 1. The SMILES string of the molecule is NC(=O)NCCC[C@H](NC(=O)[C@H](Cc1ccc2ccccc2c1)NC(=O)[C@@H]1CCCCN1C(=O)C[C@H](CC(=O)O)CC(=O)CCl)C(N)=O. The van der Waals surface area contributed by atoms with Gasteiger partial charge >= 0.3 is 12.0 Å². The van der Waals surface area contributed by atoms with Crippen molar-refractivity contribution in [3.63, 3.8) is 0 Å². The van der Waals surface area contributed by atoms with Crippen LogP contribution in [0.25, 0.3) is 10.8 Å². The number of benzene rings is 2. The number of nitrogens with zero attached hydrogens (tertiary/aromatic N) is 1. The van der Waals surface area contributed by atoms with E-state index in [4.69, 9.17) is 23.1 Å². The molecule has 0 spiro atoms. The third-order valence-corrected chi connectivity index (χ3v) is 8.53. The maximum Gasteiger partial charge on any atom is 0.312 e. The largest absolute Gasteiger partial charge is 0.481 e. The highest BCUT2D eigenvalue weighted by molar-refractivity contribution is 6.27. The first-order valence-electron chi connectivity index (χ1n) is 15.9. The Morgan fingerprint density at radius 3 is 2.31 bits per heavy atom. The molecular weight excluding hydrogens is 644 g/mol. The van der Waals surface area contributed by atoms with Crippen LogP contribution in [-0.4, -0.2) is 88.5 Å². The van der Waals surface area contributed by atoms with Gasteiger partial charge < -0.3 is 37.4 Å². The molecule has 0 aliphatic carbocycles. The molecule has 1 fully saturated rings. The van der Waals surface area contributed by atoms with Crippen LogP contribution in [0.3, 0.4) is 0 Å². The maximum atomic E-state index is 13.8. The second-order valence-corrected chi connectivity index (χ2v) is 12.3. The van der Waals surface area contributed by atoms with E-state index in [1.165, 1.54) is 4.90 Å². The number of fused-ring (bicyclic) bond motifs is 1.